The first-order valence-corrected chi connectivity index (χ1v) is 14.1. The third-order valence-corrected chi connectivity index (χ3v) is 8.57. The van der Waals surface area contributed by atoms with Gasteiger partial charge in [-0.3, -0.25) is 4.79 Å². The monoisotopic (exact) mass is 553 g/mol. The zero-order chi connectivity index (χ0) is 28.2. The van der Waals surface area contributed by atoms with E-state index in [4.69, 9.17) is 4.74 Å². The molecule has 2 aromatic carbocycles. The van der Waals surface area contributed by atoms with Crippen LogP contribution in [0.4, 0.5) is 4.39 Å². The second kappa shape index (κ2) is 12.1. The Kier molecular flexibility index (Phi) is 8.79. The van der Waals surface area contributed by atoms with Crippen LogP contribution in [0.25, 0.3) is 12.2 Å². The number of rotatable bonds is 8. The summed E-state index contributed by atoms with van der Waals surface area (Å²) in [6, 6.07) is 15.7. The Balaban J connectivity index is 1.67. The molecule has 1 aliphatic rings. The van der Waals surface area contributed by atoms with Gasteiger partial charge in [-0.1, -0.05) is 55.5 Å². The highest BCUT2D eigenvalue weighted by molar-refractivity contribution is 7.89. The molecule has 4 rings (SSSR count). The second-order valence-electron chi connectivity index (χ2n) is 9.73. The molecule has 0 bridgehead atoms. The molecule has 0 saturated carbocycles. The molecule has 0 fully saturated rings. The Morgan fingerprint density at radius 3 is 2.56 bits per heavy atom. The van der Waals surface area contributed by atoms with Gasteiger partial charge in [-0.25, -0.2) is 17.8 Å². The highest BCUT2D eigenvalue weighted by Crippen LogP contribution is 2.28. The van der Waals surface area contributed by atoms with Crippen molar-refractivity contribution >= 4 is 28.1 Å². The number of pyridine rings is 1. The number of aliphatic hydroxyl groups is 1. The van der Waals surface area contributed by atoms with Crippen molar-refractivity contribution in [3.05, 3.63) is 89.4 Å². The number of carbonyl (C=O) groups is 1. The van der Waals surface area contributed by atoms with Gasteiger partial charge in [0.1, 0.15) is 17.5 Å². The third-order valence-electron chi connectivity index (χ3n) is 6.75. The van der Waals surface area contributed by atoms with Gasteiger partial charge in [-0.2, -0.15) is 4.31 Å². The number of ether oxygens (including phenoxy) is 1. The first kappa shape index (κ1) is 28.4. The Bertz CT molecular complexity index is 1450. The van der Waals surface area contributed by atoms with Crippen LogP contribution in [-0.2, 0) is 10.0 Å². The molecule has 8 nitrogen and oxygen atoms in total. The fourth-order valence-corrected chi connectivity index (χ4v) is 5.56. The van der Waals surface area contributed by atoms with E-state index in [1.807, 2.05) is 49.4 Å². The van der Waals surface area contributed by atoms with Gasteiger partial charge in [-0.15, -0.1) is 0 Å². The molecule has 1 aliphatic heterocycles. The van der Waals surface area contributed by atoms with Crippen LogP contribution in [0.1, 0.15) is 35.3 Å². The fraction of sp³-hybridized carbons (Fsp3) is 0.310. The number of halogens is 1. The molecule has 206 valence electrons. The van der Waals surface area contributed by atoms with Gasteiger partial charge in [0, 0.05) is 25.7 Å². The van der Waals surface area contributed by atoms with Gasteiger partial charge in [0.05, 0.1) is 24.1 Å². The molecule has 1 aromatic heterocycles. The Morgan fingerprint density at radius 2 is 1.87 bits per heavy atom. The van der Waals surface area contributed by atoms with Crippen LogP contribution in [0, 0.1) is 11.7 Å². The third kappa shape index (κ3) is 6.52. The lowest BCUT2D eigenvalue weighted by molar-refractivity contribution is 0.0373. The highest BCUT2D eigenvalue weighted by atomic mass is 32.2. The minimum absolute atomic E-state index is 0.0632. The van der Waals surface area contributed by atoms with Gasteiger partial charge in [0.25, 0.3) is 5.91 Å². The predicted molar refractivity (Wildman–Crippen MR) is 147 cm³/mol. The van der Waals surface area contributed by atoms with E-state index in [1.54, 1.807) is 24.1 Å². The van der Waals surface area contributed by atoms with E-state index in [-0.39, 0.29) is 47.9 Å². The summed E-state index contributed by atoms with van der Waals surface area (Å²) in [5.41, 5.74) is 1.89. The summed E-state index contributed by atoms with van der Waals surface area (Å²) in [4.78, 5) is 19.4. The molecule has 10 heteroatoms. The zero-order valence-corrected chi connectivity index (χ0v) is 22.9. The van der Waals surface area contributed by atoms with Crippen molar-refractivity contribution in [2.24, 2.45) is 5.92 Å². The van der Waals surface area contributed by atoms with Crippen molar-refractivity contribution in [1.82, 2.24) is 14.2 Å². The topological polar surface area (TPSA) is 100 Å². The summed E-state index contributed by atoms with van der Waals surface area (Å²) in [6.45, 7) is 3.51. The summed E-state index contributed by atoms with van der Waals surface area (Å²) in [5, 5.41) is 9.86. The van der Waals surface area contributed by atoms with E-state index in [0.717, 1.165) is 15.9 Å². The molecular weight excluding hydrogens is 521 g/mol. The number of fused-ring (bicyclic) bond motifs is 1. The molecule has 0 saturated heterocycles. The number of benzene rings is 2. The smallest absolute Gasteiger partial charge is 0.259 e. The largest absolute Gasteiger partial charge is 0.472 e. The molecule has 39 heavy (non-hydrogen) atoms. The van der Waals surface area contributed by atoms with Crippen LogP contribution in [0.3, 0.4) is 0 Å². The summed E-state index contributed by atoms with van der Waals surface area (Å²) in [6.07, 6.45) is 4.65. The number of nitrogens with zero attached hydrogens (tertiary/aromatic N) is 3. The van der Waals surface area contributed by atoms with E-state index >= 15 is 0 Å². The summed E-state index contributed by atoms with van der Waals surface area (Å²) < 4.78 is 47.4. The number of aliphatic hydroxyl groups excluding tert-OH is 1. The molecule has 0 aliphatic carbocycles. The quantitative estimate of drug-likeness (QED) is 0.454. The van der Waals surface area contributed by atoms with E-state index < -0.39 is 28.0 Å². The van der Waals surface area contributed by atoms with Crippen molar-refractivity contribution in [1.29, 1.82) is 0 Å². The Hall–Kier alpha value is -3.60. The van der Waals surface area contributed by atoms with E-state index in [2.05, 4.69) is 4.98 Å². The van der Waals surface area contributed by atoms with E-state index in [1.165, 1.54) is 25.2 Å². The Labute approximate surface area is 228 Å². The summed E-state index contributed by atoms with van der Waals surface area (Å²) >= 11 is 0. The molecule has 3 atom stereocenters. The minimum atomic E-state index is -4.01. The molecule has 1 amide bonds. The van der Waals surface area contributed by atoms with Crippen molar-refractivity contribution in [2.45, 2.75) is 30.9 Å². The lowest BCUT2D eigenvalue weighted by atomic mass is 10.00. The lowest BCUT2D eigenvalue weighted by Crippen LogP contribution is -2.50. The first-order valence-electron chi connectivity index (χ1n) is 12.6. The van der Waals surface area contributed by atoms with E-state index in [9.17, 15) is 22.7 Å². The van der Waals surface area contributed by atoms with Crippen molar-refractivity contribution in [3.63, 3.8) is 0 Å². The maximum atomic E-state index is 13.7. The van der Waals surface area contributed by atoms with Crippen molar-refractivity contribution in [2.75, 3.05) is 26.7 Å². The minimum Gasteiger partial charge on any atom is -0.472 e. The average Bonchev–Trinajstić information content (AvgIpc) is 2.93. The number of hydrogen-bond donors (Lipinski definition) is 1. The summed E-state index contributed by atoms with van der Waals surface area (Å²) in [7, 11) is -2.60. The first-order chi connectivity index (χ1) is 18.6. The lowest BCUT2D eigenvalue weighted by Gasteiger charge is -2.37. The number of sulfonamides is 1. The highest BCUT2D eigenvalue weighted by Gasteiger charge is 2.36. The maximum absolute atomic E-state index is 13.7. The van der Waals surface area contributed by atoms with Crippen molar-refractivity contribution in [3.8, 4) is 5.88 Å². The molecular formula is C29H32FN3O5S. The van der Waals surface area contributed by atoms with Gasteiger partial charge < -0.3 is 14.7 Å². The van der Waals surface area contributed by atoms with Gasteiger partial charge in [0.2, 0.25) is 15.9 Å². The number of aromatic nitrogens is 1. The Morgan fingerprint density at radius 1 is 1.15 bits per heavy atom. The normalized spacial score (nSPS) is 18.9. The molecule has 2 heterocycles. The maximum Gasteiger partial charge on any atom is 0.259 e. The van der Waals surface area contributed by atoms with Gasteiger partial charge in [0.15, 0.2) is 0 Å². The second-order valence-corrected chi connectivity index (χ2v) is 11.8. The van der Waals surface area contributed by atoms with Crippen LogP contribution in [-0.4, -0.2) is 72.5 Å². The fourth-order valence-electron chi connectivity index (χ4n) is 4.34. The molecule has 0 spiro atoms. The van der Waals surface area contributed by atoms with Crippen LogP contribution >= 0.6 is 0 Å². The van der Waals surface area contributed by atoms with Crippen LogP contribution in [0.5, 0.6) is 5.88 Å². The molecule has 3 aromatic rings. The predicted octanol–water partition coefficient (Wildman–Crippen LogP) is 3.93. The number of likely N-dealkylation sites (N-methyl/N-ethyl adjacent to an activating group) is 1. The standard InChI is InChI=1S/C29H32FN3O5S/c1-20-17-33(21(2)19-34)29(35)26-14-23(13-12-22-8-5-4-6-9-22)16-31-28(26)38-27(20)18-32(3)39(36,37)25-11-7-10-24(30)15-25/h4-16,20-21,27,34H,17-19H2,1-3H3/b13-12+/t20-,21+,27-/m0/s1. The number of hydrogen-bond acceptors (Lipinski definition) is 6. The van der Waals surface area contributed by atoms with Gasteiger partial charge in [-0.05, 0) is 42.3 Å². The van der Waals surface area contributed by atoms with Crippen LogP contribution in [0.15, 0.2) is 71.8 Å². The molecule has 0 radical (unpaired) electrons. The number of carbonyl (C=O) groups excluding carboxylic acids is 1. The molecule has 1 N–H and O–H groups in total. The summed E-state index contributed by atoms with van der Waals surface area (Å²) in [5.74, 6) is -1.22. The number of amides is 1. The van der Waals surface area contributed by atoms with Gasteiger partial charge >= 0.3 is 0 Å². The zero-order valence-electron chi connectivity index (χ0n) is 22.1. The van der Waals surface area contributed by atoms with Crippen LogP contribution in [0.2, 0.25) is 0 Å². The van der Waals surface area contributed by atoms with E-state index in [0.29, 0.717) is 5.56 Å². The van der Waals surface area contributed by atoms with Crippen molar-refractivity contribution < 1.29 is 27.4 Å². The molecule has 0 unspecified atom stereocenters. The van der Waals surface area contributed by atoms with Crippen LogP contribution < -0.4 is 4.74 Å². The SMILES string of the molecule is C[C@H](CO)N1C[C@H](C)[C@H](CN(C)S(=O)(=O)c2cccc(F)c2)Oc2ncc(/C=C/c3ccccc3)cc2C1=O. The average molecular weight is 554 g/mol.